The van der Waals surface area contributed by atoms with Crippen LogP contribution in [0.15, 0.2) is 60.7 Å². The fraction of sp³-hybridized carbons (Fsp3) is 0.222. The number of hydrogen-bond donors (Lipinski definition) is 0. The van der Waals surface area contributed by atoms with E-state index >= 15 is 0 Å². The fourth-order valence-corrected chi connectivity index (χ4v) is 4.99. The van der Waals surface area contributed by atoms with E-state index in [1.807, 2.05) is 24.3 Å². The molecule has 7 heteroatoms. The Kier molecular flexibility index (Phi) is 6.07. The second-order valence-electron chi connectivity index (χ2n) is 8.42. The first-order valence-electron chi connectivity index (χ1n) is 11.3. The minimum atomic E-state index is -0.222. The van der Waals surface area contributed by atoms with Gasteiger partial charge in [-0.05, 0) is 67.1 Å². The Morgan fingerprint density at radius 1 is 0.794 bits per heavy atom. The van der Waals surface area contributed by atoms with Crippen LogP contribution in [-0.4, -0.2) is 36.3 Å². The maximum Gasteiger partial charge on any atom is 0.298 e. The van der Waals surface area contributed by atoms with Crippen molar-refractivity contribution in [2.45, 2.75) is 25.7 Å². The normalized spacial score (nSPS) is 14.4. The standard InChI is InChI=1S/C27H23ClN2O4/c28-22-16-24-19(15-25(22)34-17-31)12-11-18-7-1-4-10-23(18)29(24)13-5-6-14-30-26(32)20-8-2-3-9-21(20)27(30)33/h1-4,7-10,15-17H,5-6,11-14H2. The van der Waals surface area contributed by atoms with Gasteiger partial charge >= 0.3 is 0 Å². The highest BCUT2D eigenvalue weighted by Crippen LogP contribution is 2.41. The van der Waals surface area contributed by atoms with Crippen molar-refractivity contribution in [3.05, 3.63) is 87.9 Å². The van der Waals surface area contributed by atoms with E-state index in [1.54, 1.807) is 24.3 Å². The molecular weight excluding hydrogens is 452 g/mol. The summed E-state index contributed by atoms with van der Waals surface area (Å²) in [4.78, 5) is 39.7. The number of carbonyl (C=O) groups excluding carboxylic acids is 3. The van der Waals surface area contributed by atoms with Crippen LogP contribution >= 0.6 is 11.6 Å². The molecule has 0 bridgehead atoms. The van der Waals surface area contributed by atoms with Gasteiger partial charge < -0.3 is 9.64 Å². The Morgan fingerprint density at radius 3 is 2.12 bits per heavy atom. The maximum atomic E-state index is 12.6. The van der Waals surface area contributed by atoms with Gasteiger partial charge in [-0.3, -0.25) is 19.3 Å². The van der Waals surface area contributed by atoms with Crippen LogP contribution in [0, 0.1) is 0 Å². The Bertz CT molecular complexity index is 1250. The highest BCUT2D eigenvalue weighted by Gasteiger charge is 2.34. The van der Waals surface area contributed by atoms with Crippen LogP contribution in [-0.2, 0) is 17.6 Å². The van der Waals surface area contributed by atoms with Crippen molar-refractivity contribution in [3.8, 4) is 5.75 Å². The number of ether oxygens (including phenoxy) is 1. The predicted molar refractivity (Wildman–Crippen MR) is 130 cm³/mol. The topological polar surface area (TPSA) is 66.9 Å². The van der Waals surface area contributed by atoms with Gasteiger partial charge in [0.15, 0.2) is 0 Å². The summed E-state index contributed by atoms with van der Waals surface area (Å²) < 4.78 is 5.06. The minimum Gasteiger partial charge on any atom is -0.427 e. The Balaban J connectivity index is 1.34. The summed E-state index contributed by atoms with van der Waals surface area (Å²) in [6.07, 6.45) is 3.10. The SMILES string of the molecule is O=COc1cc2c(cc1Cl)N(CCCCN1C(=O)c3ccccc3C1=O)c1ccccc1CC2. The summed E-state index contributed by atoms with van der Waals surface area (Å²) >= 11 is 6.42. The fourth-order valence-electron chi connectivity index (χ4n) is 4.79. The van der Waals surface area contributed by atoms with Crippen LogP contribution in [0.25, 0.3) is 0 Å². The number of aryl methyl sites for hydroxylation is 2. The molecule has 5 rings (SSSR count). The van der Waals surface area contributed by atoms with Gasteiger partial charge in [0, 0.05) is 24.5 Å². The number of benzene rings is 3. The highest BCUT2D eigenvalue weighted by molar-refractivity contribution is 6.32. The van der Waals surface area contributed by atoms with Crippen LogP contribution in [0.1, 0.15) is 44.7 Å². The number of anilines is 2. The van der Waals surface area contributed by atoms with Crippen LogP contribution in [0.2, 0.25) is 5.02 Å². The molecule has 0 radical (unpaired) electrons. The largest absolute Gasteiger partial charge is 0.427 e. The molecule has 0 aromatic heterocycles. The lowest BCUT2D eigenvalue weighted by atomic mass is 10.0. The third kappa shape index (κ3) is 3.94. The van der Waals surface area contributed by atoms with E-state index in [0.29, 0.717) is 47.9 Å². The number of amides is 2. The van der Waals surface area contributed by atoms with Crippen molar-refractivity contribution >= 4 is 41.3 Å². The highest BCUT2D eigenvalue weighted by atomic mass is 35.5. The first-order chi connectivity index (χ1) is 16.6. The second kappa shape index (κ2) is 9.31. The van der Waals surface area contributed by atoms with Crippen molar-refractivity contribution in [2.24, 2.45) is 0 Å². The number of fused-ring (bicyclic) bond motifs is 3. The lowest BCUT2D eigenvalue weighted by Crippen LogP contribution is -2.31. The van der Waals surface area contributed by atoms with E-state index in [-0.39, 0.29) is 11.8 Å². The maximum absolute atomic E-state index is 12.6. The lowest BCUT2D eigenvalue weighted by molar-refractivity contribution is -0.120. The van der Waals surface area contributed by atoms with Gasteiger partial charge in [0.05, 0.1) is 16.1 Å². The van der Waals surface area contributed by atoms with Gasteiger partial charge in [-0.2, -0.15) is 0 Å². The van der Waals surface area contributed by atoms with E-state index in [9.17, 15) is 14.4 Å². The summed E-state index contributed by atoms with van der Waals surface area (Å²) in [5, 5.41) is 0.376. The van der Waals surface area contributed by atoms with Gasteiger partial charge in [-0.25, -0.2) is 0 Å². The number of para-hydroxylation sites is 1. The second-order valence-corrected chi connectivity index (χ2v) is 8.83. The lowest BCUT2D eigenvalue weighted by Gasteiger charge is -2.28. The molecule has 3 aromatic carbocycles. The Hall–Kier alpha value is -3.64. The quantitative estimate of drug-likeness (QED) is 0.268. The molecule has 2 amide bonds. The van der Waals surface area contributed by atoms with E-state index in [4.69, 9.17) is 16.3 Å². The van der Waals surface area contributed by atoms with E-state index in [0.717, 1.165) is 36.2 Å². The molecule has 0 saturated heterocycles. The zero-order valence-electron chi connectivity index (χ0n) is 18.5. The summed E-state index contributed by atoms with van der Waals surface area (Å²) in [7, 11) is 0. The third-order valence-corrected chi connectivity index (χ3v) is 6.73. The number of halogens is 1. The van der Waals surface area contributed by atoms with E-state index in [2.05, 4.69) is 17.0 Å². The molecule has 2 aliphatic rings. The van der Waals surface area contributed by atoms with Crippen molar-refractivity contribution in [2.75, 3.05) is 18.0 Å². The van der Waals surface area contributed by atoms with Gasteiger partial charge in [-0.1, -0.05) is 41.9 Å². The molecule has 3 aromatic rings. The number of hydrogen-bond acceptors (Lipinski definition) is 5. The first-order valence-corrected chi connectivity index (χ1v) is 11.7. The number of rotatable bonds is 7. The monoisotopic (exact) mass is 474 g/mol. The molecule has 34 heavy (non-hydrogen) atoms. The molecule has 172 valence electrons. The van der Waals surface area contributed by atoms with Crippen LogP contribution in [0.5, 0.6) is 5.75 Å². The third-order valence-electron chi connectivity index (χ3n) is 6.44. The molecule has 0 unspecified atom stereocenters. The zero-order valence-corrected chi connectivity index (χ0v) is 19.3. The molecule has 2 aliphatic heterocycles. The average molecular weight is 475 g/mol. The predicted octanol–water partition coefficient (Wildman–Crippen LogP) is 5.19. The molecule has 0 atom stereocenters. The zero-order chi connectivity index (χ0) is 23.7. The summed E-state index contributed by atoms with van der Waals surface area (Å²) in [6.45, 7) is 1.45. The van der Waals surface area contributed by atoms with Crippen LogP contribution in [0.4, 0.5) is 11.4 Å². The van der Waals surface area contributed by atoms with Crippen molar-refractivity contribution in [3.63, 3.8) is 0 Å². The molecular formula is C27H23ClN2O4. The van der Waals surface area contributed by atoms with Gasteiger partial charge in [0.1, 0.15) is 5.75 Å². The molecule has 0 fully saturated rings. The number of unbranched alkanes of at least 4 members (excludes halogenated alkanes) is 1. The molecule has 0 saturated carbocycles. The van der Waals surface area contributed by atoms with Crippen LogP contribution in [0.3, 0.4) is 0 Å². The minimum absolute atomic E-state index is 0.222. The Morgan fingerprint density at radius 2 is 1.41 bits per heavy atom. The van der Waals surface area contributed by atoms with Gasteiger partial charge in [0.2, 0.25) is 0 Å². The molecule has 6 nitrogen and oxygen atoms in total. The number of carbonyl (C=O) groups is 3. The molecule has 0 aliphatic carbocycles. The van der Waals surface area contributed by atoms with Gasteiger partial charge in [-0.15, -0.1) is 0 Å². The number of imide groups is 1. The summed E-state index contributed by atoms with van der Waals surface area (Å²) in [6, 6.07) is 18.9. The van der Waals surface area contributed by atoms with Crippen molar-refractivity contribution < 1.29 is 19.1 Å². The summed E-state index contributed by atoms with van der Waals surface area (Å²) in [5.74, 6) is -0.0898. The summed E-state index contributed by atoms with van der Waals surface area (Å²) in [5.41, 5.74) is 5.33. The molecule has 2 heterocycles. The van der Waals surface area contributed by atoms with Crippen LogP contribution < -0.4 is 9.64 Å². The average Bonchev–Trinajstić information content (AvgIpc) is 2.99. The van der Waals surface area contributed by atoms with E-state index < -0.39 is 0 Å². The number of nitrogens with zero attached hydrogens (tertiary/aromatic N) is 2. The smallest absolute Gasteiger partial charge is 0.298 e. The molecule has 0 N–H and O–H groups in total. The van der Waals surface area contributed by atoms with E-state index in [1.165, 1.54) is 10.5 Å². The molecule has 0 spiro atoms. The Labute approximate surface area is 202 Å². The van der Waals surface area contributed by atoms with Gasteiger partial charge in [0.25, 0.3) is 18.3 Å². The first kappa shape index (κ1) is 22.2. The van der Waals surface area contributed by atoms with Crippen molar-refractivity contribution in [1.29, 1.82) is 0 Å². The van der Waals surface area contributed by atoms with Crippen molar-refractivity contribution in [1.82, 2.24) is 4.90 Å².